The van der Waals surface area contributed by atoms with E-state index in [1.54, 1.807) is 34.6 Å². The smallest absolute Gasteiger partial charge is 0.421 e. The summed E-state index contributed by atoms with van der Waals surface area (Å²) in [7, 11) is 1.43. The molecule has 1 aliphatic heterocycles. The third-order valence-electron chi connectivity index (χ3n) is 4.72. The van der Waals surface area contributed by atoms with Gasteiger partial charge in [-0.15, -0.1) is 0 Å². The number of anilines is 1. The van der Waals surface area contributed by atoms with Gasteiger partial charge in [-0.2, -0.15) is 0 Å². The molecule has 0 spiro atoms. The Kier molecular flexibility index (Phi) is 8.89. The van der Waals surface area contributed by atoms with Crippen molar-refractivity contribution < 1.29 is 38.1 Å². The van der Waals surface area contributed by atoms with Crippen molar-refractivity contribution in [3.63, 3.8) is 0 Å². The zero-order valence-corrected chi connectivity index (χ0v) is 19.7. The Morgan fingerprint density at radius 3 is 2.31 bits per heavy atom. The molecule has 1 fully saturated rings. The van der Waals surface area contributed by atoms with Crippen LogP contribution in [0.25, 0.3) is 0 Å². The van der Waals surface area contributed by atoms with E-state index in [4.69, 9.17) is 23.7 Å². The second-order valence-electron chi connectivity index (χ2n) is 8.22. The van der Waals surface area contributed by atoms with Gasteiger partial charge in [0.2, 0.25) is 5.91 Å². The average molecular weight is 452 g/mol. The first-order valence-corrected chi connectivity index (χ1v) is 10.8. The SMILES string of the molecule is CCOC(=O)c1c(N(C(=O)OCC)C(=O)C(C)(C)C)ccc(OC)c1OC1CCCCO1. The number of hydrogen-bond acceptors (Lipinski definition) is 8. The molecule has 2 amide bonds. The molecule has 0 aromatic heterocycles. The molecule has 1 aromatic carbocycles. The van der Waals surface area contributed by atoms with Crippen molar-refractivity contribution in [2.45, 2.75) is 60.2 Å². The van der Waals surface area contributed by atoms with Crippen LogP contribution in [-0.4, -0.2) is 51.2 Å². The van der Waals surface area contributed by atoms with Crippen LogP contribution in [0.1, 0.15) is 64.2 Å². The van der Waals surface area contributed by atoms with Gasteiger partial charge < -0.3 is 23.7 Å². The minimum atomic E-state index is -0.938. The molecule has 32 heavy (non-hydrogen) atoms. The fourth-order valence-electron chi connectivity index (χ4n) is 3.17. The van der Waals surface area contributed by atoms with Gasteiger partial charge in [0, 0.05) is 11.8 Å². The molecule has 0 saturated carbocycles. The van der Waals surface area contributed by atoms with Gasteiger partial charge in [-0.3, -0.25) is 4.79 Å². The normalized spacial score (nSPS) is 16.1. The van der Waals surface area contributed by atoms with Gasteiger partial charge in [0.25, 0.3) is 0 Å². The maximum atomic E-state index is 13.2. The monoisotopic (exact) mass is 451 g/mol. The maximum Gasteiger partial charge on any atom is 0.421 e. The van der Waals surface area contributed by atoms with Crippen LogP contribution in [0, 0.1) is 5.41 Å². The van der Waals surface area contributed by atoms with Gasteiger partial charge in [-0.1, -0.05) is 20.8 Å². The van der Waals surface area contributed by atoms with E-state index < -0.39 is 29.7 Å². The third kappa shape index (κ3) is 5.91. The molecular formula is C23H33NO8. The van der Waals surface area contributed by atoms with Gasteiger partial charge in [0.1, 0.15) is 5.56 Å². The van der Waals surface area contributed by atoms with E-state index >= 15 is 0 Å². The van der Waals surface area contributed by atoms with Crippen LogP contribution >= 0.6 is 0 Å². The standard InChI is InChI=1S/C23H33NO8/c1-7-29-20(25)18-15(24(22(27)30-8-2)21(26)23(3,4)5)12-13-16(28-6)19(18)32-17-11-9-10-14-31-17/h12-13,17H,7-11,14H2,1-6H3. The van der Waals surface area contributed by atoms with Crippen LogP contribution in [0.2, 0.25) is 0 Å². The molecule has 2 rings (SSSR count). The molecular weight excluding hydrogens is 418 g/mol. The van der Waals surface area contributed by atoms with E-state index in [0.717, 1.165) is 17.7 Å². The van der Waals surface area contributed by atoms with E-state index in [1.165, 1.54) is 19.2 Å². The lowest BCUT2D eigenvalue weighted by molar-refractivity contribution is -0.125. The number of rotatable bonds is 7. The molecule has 1 heterocycles. The third-order valence-corrected chi connectivity index (χ3v) is 4.72. The predicted octanol–water partition coefficient (Wildman–Crippen LogP) is 4.31. The molecule has 1 aliphatic rings. The highest BCUT2D eigenvalue weighted by atomic mass is 16.7. The topological polar surface area (TPSA) is 101 Å². The van der Waals surface area contributed by atoms with Crippen LogP contribution in [0.4, 0.5) is 10.5 Å². The summed E-state index contributed by atoms with van der Waals surface area (Å²) in [4.78, 5) is 40.0. The Hall–Kier alpha value is -2.81. The van der Waals surface area contributed by atoms with Crippen molar-refractivity contribution in [3.8, 4) is 11.5 Å². The Morgan fingerprint density at radius 1 is 1.09 bits per heavy atom. The minimum absolute atomic E-state index is 0.00608. The number of imide groups is 1. The zero-order chi connectivity index (χ0) is 23.9. The highest BCUT2D eigenvalue weighted by Crippen LogP contribution is 2.41. The van der Waals surface area contributed by atoms with Gasteiger partial charge in [-0.25, -0.2) is 14.5 Å². The highest BCUT2D eigenvalue weighted by Gasteiger charge is 2.38. The number of carbonyl (C=O) groups excluding carboxylic acids is 3. The zero-order valence-electron chi connectivity index (χ0n) is 19.7. The van der Waals surface area contributed by atoms with Crippen molar-refractivity contribution in [3.05, 3.63) is 17.7 Å². The first kappa shape index (κ1) is 25.5. The summed E-state index contributed by atoms with van der Waals surface area (Å²) in [6, 6.07) is 2.97. The lowest BCUT2D eigenvalue weighted by atomic mass is 9.94. The summed E-state index contributed by atoms with van der Waals surface area (Å²) in [5.41, 5.74) is -1.05. The molecule has 0 radical (unpaired) electrons. The van der Waals surface area contributed by atoms with Gasteiger partial charge in [-0.05, 0) is 38.8 Å². The van der Waals surface area contributed by atoms with Crippen LogP contribution in [0.3, 0.4) is 0 Å². The van der Waals surface area contributed by atoms with E-state index in [1.807, 2.05) is 0 Å². The number of amides is 2. The number of nitrogens with zero attached hydrogens (tertiary/aromatic N) is 1. The van der Waals surface area contributed by atoms with Crippen molar-refractivity contribution >= 4 is 23.7 Å². The first-order chi connectivity index (χ1) is 15.1. The van der Waals surface area contributed by atoms with Gasteiger partial charge >= 0.3 is 12.1 Å². The average Bonchev–Trinajstić information content (AvgIpc) is 2.74. The van der Waals surface area contributed by atoms with Crippen LogP contribution < -0.4 is 14.4 Å². The molecule has 1 atom stereocenters. The number of esters is 1. The van der Waals surface area contributed by atoms with E-state index in [9.17, 15) is 14.4 Å². The Balaban J connectivity index is 2.71. The molecule has 9 heteroatoms. The predicted molar refractivity (Wildman–Crippen MR) is 117 cm³/mol. The summed E-state index contributed by atoms with van der Waals surface area (Å²) in [6.45, 7) is 8.96. The Labute approximate surface area is 188 Å². The minimum Gasteiger partial charge on any atom is -0.493 e. The van der Waals surface area contributed by atoms with Crippen molar-refractivity contribution in [2.24, 2.45) is 5.41 Å². The van der Waals surface area contributed by atoms with Crippen molar-refractivity contribution in [1.29, 1.82) is 0 Å². The summed E-state index contributed by atoms with van der Waals surface area (Å²) in [5, 5.41) is 0. The quantitative estimate of drug-likeness (QED) is 0.565. The number of benzene rings is 1. The lowest BCUT2D eigenvalue weighted by Gasteiger charge is -2.30. The largest absolute Gasteiger partial charge is 0.493 e. The fraction of sp³-hybridized carbons (Fsp3) is 0.609. The number of ether oxygens (including phenoxy) is 5. The number of methoxy groups -OCH3 is 1. The summed E-state index contributed by atoms with van der Waals surface area (Å²) in [5.74, 6) is -1.01. The molecule has 0 aliphatic carbocycles. The molecule has 0 bridgehead atoms. The first-order valence-electron chi connectivity index (χ1n) is 10.8. The van der Waals surface area contributed by atoms with Gasteiger partial charge in [0.15, 0.2) is 17.8 Å². The van der Waals surface area contributed by atoms with Crippen molar-refractivity contribution in [2.75, 3.05) is 31.8 Å². The van der Waals surface area contributed by atoms with Crippen LogP contribution in [0.15, 0.2) is 12.1 Å². The molecule has 1 unspecified atom stereocenters. The lowest BCUT2D eigenvalue weighted by Crippen LogP contribution is -2.45. The van der Waals surface area contributed by atoms with Crippen LogP contribution in [-0.2, 0) is 19.0 Å². The number of carbonyl (C=O) groups is 3. The fourth-order valence-corrected chi connectivity index (χ4v) is 3.17. The molecule has 0 N–H and O–H groups in total. The molecule has 1 saturated heterocycles. The number of hydrogen-bond donors (Lipinski definition) is 0. The molecule has 178 valence electrons. The second-order valence-corrected chi connectivity index (χ2v) is 8.22. The van der Waals surface area contributed by atoms with Crippen molar-refractivity contribution in [1.82, 2.24) is 0 Å². The van der Waals surface area contributed by atoms with E-state index in [2.05, 4.69) is 0 Å². The summed E-state index contributed by atoms with van der Waals surface area (Å²) < 4.78 is 27.5. The Morgan fingerprint density at radius 2 is 1.78 bits per heavy atom. The Bertz CT molecular complexity index is 824. The van der Waals surface area contributed by atoms with Gasteiger partial charge in [0.05, 0.1) is 32.6 Å². The highest BCUT2D eigenvalue weighted by molar-refractivity contribution is 6.17. The second kappa shape index (κ2) is 11.2. The molecule has 9 nitrogen and oxygen atoms in total. The summed E-state index contributed by atoms with van der Waals surface area (Å²) >= 11 is 0. The van der Waals surface area contributed by atoms with Crippen LogP contribution in [0.5, 0.6) is 11.5 Å². The summed E-state index contributed by atoms with van der Waals surface area (Å²) in [6.07, 6.45) is 0.939. The van der Waals surface area contributed by atoms with E-state index in [0.29, 0.717) is 13.0 Å². The molecule has 1 aromatic rings. The maximum absolute atomic E-state index is 13.2. The van der Waals surface area contributed by atoms with E-state index in [-0.39, 0.29) is 36.0 Å².